The summed E-state index contributed by atoms with van der Waals surface area (Å²) in [5.74, 6) is -0.565. The molecule has 0 saturated carbocycles. The maximum absolute atomic E-state index is 10.8. The zero-order valence-electron chi connectivity index (χ0n) is 5.23. The van der Waals surface area contributed by atoms with E-state index in [1.54, 1.807) is 6.92 Å². The number of carbonyl (C=O) groups is 1. The van der Waals surface area contributed by atoms with Gasteiger partial charge in [-0.2, -0.15) is 0 Å². The van der Waals surface area contributed by atoms with Crippen molar-refractivity contribution in [1.29, 1.82) is 0 Å². The molecule has 0 saturated heterocycles. The lowest BCUT2D eigenvalue weighted by Gasteiger charge is -2.10. The molecule has 0 atom stereocenters. The molecule has 3 nitrogen and oxygen atoms in total. The Hall–Kier alpha value is 0.01000. The van der Waals surface area contributed by atoms with E-state index in [4.69, 9.17) is 0 Å². The van der Waals surface area contributed by atoms with Crippen molar-refractivity contribution in [3.8, 4) is 0 Å². The second kappa shape index (κ2) is 4.01. The van der Waals surface area contributed by atoms with Crippen LogP contribution >= 0.6 is 31.9 Å². The molecule has 0 rings (SSSR count). The topological polar surface area (TPSA) is 46.5 Å². The Kier molecular flexibility index (Phi) is 4.01. The van der Waals surface area contributed by atoms with Gasteiger partial charge in [-0.3, -0.25) is 4.79 Å². The Morgan fingerprint density at radius 1 is 1.70 bits per heavy atom. The van der Waals surface area contributed by atoms with Gasteiger partial charge in [0.2, 0.25) is 6.08 Å². The molecule has 0 radical (unpaired) electrons. The van der Waals surface area contributed by atoms with E-state index >= 15 is 0 Å². The average molecular weight is 271 g/mol. The number of rotatable bonds is 2. The van der Waals surface area contributed by atoms with E-state index in [0.717, 1.165) is 0 Å². The van der Waals surface area contributed by atoms with Crippen LogP contribution in [-0.2, 0) is 9.59 Å². The van der Waals surface area contributed by atoms with Gasteiger partial charge in [0.15, 0.2) is 3.23 Å². The van der Waals surface area contributed by atoms with E-state index in [1.807, 2.05) is 0 Å². The van der Waals surface area contributed by atoms with Crippen molar-refractivity contribution in [3.05, 3.63) is 0 Å². The highest BCUT2D eigenvalue weighted by molar-refractivity contribution is 9.25. The van der Waals surface area contributed by atoms with Gasteiger partial charge in [-0.25, -0.2) is 4.79 Å². The molecule has 0 aliphatic carbocycles. The smallest absolute Gasteiger partial charge is 0.269 e. The molecule has 0 aliphatic rings. The van der Waals surface area contributed by atoms with Crippen molar-refractivity contribution in [3.63, 3.8) is 0 Å². The number of hydrogen-bond acceptors (Lipinski definition) is 2. The molecule has 0 N–H and O–H groups in total. The third kappa shape index (κ3) is 2.73. The van der Waals surface area contributed by atoms with Crippen molar-refractivity contribution >= 4 is 43.8 Å². The van der Waals surface area contributed by atoms with Crippen LogP contribution in [0.25, 0.3) is 0 Å². The summed E-state index contributed by atoms with van der Waals surface area (Å²) in [5, 5.41) is 0. The Bertz CT molecular complexity index is 184. The third-order valence-electron chi connectivity index (χ3n) is 0.904. The molecule has 0 aliphatic heterocycles. The Balaban J connectivity index is 4.32. The summed E-state index contributed by atoms with van der Waals surface area (Å²) in [4.78, 5) is 23.3. The van der Waals surface area contributed by atoms with Crippen LogP contribution in [0.15, 0.2) is 4.99 Å². The van der Waals surface area contributed by atoms with Crippen molar-refractivity contribution in [2.75, 3.05) is 0 Å². The second-order valence-corrected chi connectivity index (χ2v) is 5.34. The van der Waals surface area contributed by atoms with Gasteiger partial charge in [-0.05, 0) is 6.42 Å². The van der Waals surface area contributed by atoms with Crippen molar-refractivity contribution in [2.24, 2.45) is 4.99 Å². The summed E-state index contributed by atoms with van der Waals surface area (Å²) in [6.45, 7) is 1.78. The predicted octanol–water partition coefficient (Wildman–Crippen LogP) is 1.74. The van der Waals surface area contributed by atoms with E-state index in [2.05, 4.69) is 36.9 Å². The summed E-state index contributed by atoms with van der Waals surface area (Å²) in [6, 6.07) is 0. The number of halogens is 2. The number of nitrogens with zero attached hydrogens (tertiary/aromatic N) is 1. The Morgan fingerprint density at radius 2 is 2.20 bits per heavy atom. The number of carbonyl (C=O) groups excluding carboxylic acids is 2. The lowest BCUT2D eigenvalue weighted by atomic mass is 10.3. The summed E-state index contributed by atoms with van der Waals surface area (Å²) in [6.07, 6.45) is 1.68. The zero-order valence-corrected chi connectivity index (χ0v) is 8.40. The molecule has 0 unspecified atom stereocenters. The minimum Gasteiger partial charge on any atom is -0.269 e. The standard InChI is InChI=1S/C5H5Br2NO2/c1-2-5(6,7)4(10)8-3-9/h2H2,1H3. The van der Waals surface area contributed by atoms with Crippen LogP contribution in [0, 0.1) is 0 Å². The summed E-state index contributed by atoms with van der Waals surface area (Å²) >= 11 is 6.08. The van der Waals surface area contributed by atoms with Crippen LogP contribution < -0.4 is 0 Å². The number of aliphatic imine (C=N–C) groups is 1. The molecular weight excluding hydrogens is 266 g/mol. The van der Waals surface area contributed by atoms with Gasteiger partial charge < -0.3 is 0 Å². The van der Waals surface area contributed by atoms with Crippen LogP contribution in [-0.4, -0.2) is 15.2 Å². The third-order valence-corrected chi connectivity index (χ3v) is 2.70. The lowest BCUT2D eigenvalue weighted by molar-refractivity contribution is -0.117. The SMILES string of the molecule is CCC(Br)(Br)C(=O)N=C=O. The number of amides is 1. The summed E-state index contributed by atoms with van der Waals surface area (Å²) in [7, 11) is 0. The number of hydrogen-bond donors (Lipinski definition) is 0. The van der Waals surface area contributed by atoms with Crippen LogP contribution in [0.4, 0.5) is 0 Å². The van der Waals surface area contributed by atoms with Gasteiger partial charge in [-0.15, -0.1) is 4.99 Å². The number of isocyanates is 1. The first-order chi connectivity index (χ1) is 4.54. The number of alkyl halides is 2. The highest BCUT2D eigenvalue weighted by Gasteiger charge is 2.29. The Labute approximate surface area is 75.2 Å². The van der Waals surface area contributed by atoms with Crippen LogP contribution in [0.5, 0.6) is 0 Å². The molecule has 0 heterocycles. The monoisotopic (exact) mass is 269 g/mol. The molecule has 5 heteroatoms. The molecule has 10 heavy (non-hydrogen) atoms. The molecule has 0 spiro atoms. The van der Waals surface area contributed by atoms with Gasteiger partial charge in [-0.1, -0.05) is 38.8 Å². The van der Waals surface area contributed by atoms with Crippen LogP contribution in [0.1, 0.15) is 13.3 Å². The van der Waals surface area contributed by atoms with Gasteiger partial charge >= 0.3 is 0 Å². The molecule has 0 aromatic rings. The van der Waals surface area contributed by atoms with Crippen molar-refractivity contribution < 1.29 is 9.59 Å². The van der Waals surface area contributed by atoms with Crippen molar-refractivity contribution in [2.45, 2.75) is 16.6 Å². The first kappa shape index (κ1) is 10.0. The second-order valence-electron chi connectivity index (χ2n) is 1.57. The molecule has 0 fully saturated rings. The summed E-state index contributed by atoms with van der Waals surface area (Å²) in [5.41, 5.74) is 0. The maximum atomic E-state index is 10.8. The van der Waals surface area contributed by atoms with E-state index in [9.17, 15) is 9.59 Å². The molecule has 1 amide bonds. The van der Waals surface area contributed by atoms with Crippen LogP contribution in [0.2, 0.25) is 0 Å². The largest absolute Gasteiger partial charge is 0.284 e. The normalized spacial score (nSPS) is 10.3. The highest BCUT2D eigenvalue weighted by Crippen LogP contribution is 2.30. The minimum atomic E-state index is -0.891. The predicted molar refractivity (Wildman–Crippen MR) is 44.0 cm³/mol. The Morgan fingerprint density at radius 3 is 2.50 bits per heavy atom. The fourth-order valence-corrected chi connectivity index (χ4v) is 0.452. The first-order valence-corrected chi connectivity index (χ1v) is 4.13. The fourth-order valence-electron chi connectivity index (χ4n) is 0.274. The van der Waals surface area contributed by atoms with E-state index in [-0.39, 0.29) is 0 Å². The minimum absolute atomic E-state index is 0.511. The quantitative estimate of drug-likeness (QED) is 0.436. The van der Waals surface area contributed by atoms with E-state index in [0.29, 0.717) is 6.42 Å². The van der Waals surface area contributed by atoms with E-state index < -0.39 is 9.14 Å². The van der Waals surface area contributed by atoms with E-state index in [1.165, 1.54) is 6.08 Å². The molecule has 0 aromatic heterocycles. The average Bonchev–Trinajstić information content (AvgIpc) is 1.89. The highest BCUT2D eigenvalue weighted by atomic mass is 79.9. The lowest BCUT2D eigenvalue weighted by Crippen LogP contribution is -2.21. The van der Waals surface area contributed by atoms with Crippen molar-refractivity contribution in [1.82, 2.24) is 0 Å². The molecular formula is C5H5Br2NO2. The molecule has 0 bridgehead atoms. The maximum Gasteiger partial charge on any atom is 0.284 e. The van der Waals surface area contributed by atoms with Gasteiger partial charge in [0, 0.05) is 0 Å². The molecule has 0 aromatic carbocycles. The van der Waals surface area contributed by atoms with Gasteiger partial charge in [0.05, 0.1) is 0 Å². The molecule has 56 valence electrons. The van der Waals surface area contributed by atoms with Crippen LogP contribution in [0.3, 0.4) is 0 Å². The summed E-state index contributed by atoms with van der Waals surface area (Å²) < 4.78 is -0.891. The van der Waals surface area contributed by atoms with Gasteiger partial charge in [0.25, 0.3) is 5.91 Å². The fraction of sp³-hybridized carbons (Fsp3) is 0.600. The zero-order chi connectivity index (χ0) is 8.20. The first-order valence-electron chi connectivity index (χ1n) is 2.54. The van der Waals surface area contributed by atoms with Gasteiger partial charge in [0.1, 0.15) is 0 Å².